The highest BCUT2D eigenvalue weighted by atomic mass is 14.8. The maximum absolute atomic E-state index is 6.17. The number of rotatable bonds is 3. The van der Waals surface area contributed by atoms with Crippen molar-refractivity contribution in [3.63, 3.8) is 0 Å². The lowest BCUT2D eigenvalue weighted by Gasteiger charge is -2.13. The molecule has 0 spiro atoms. The van der Waals surface area contributed by atoms with Gasteiger partial charge in [0, 0.05) is 44.4 Å². The zero-order valence-corrected chi connectivity index (χ0v) is 28.8. The monoisotopic (exact) mass is 637 g/mol. The molecule has 2 aliphatic rings. The minimum Gasteiger partial charge on any atom is -0.399 e. The summed E-state index contributed by atoms with van der Waals surface area (Å²) < 4.78 is 0. The number of hydrogen-bond acceptors (Lipinski definition) is 3. The maximum atomic E-state index is 6.17. The van der Waals surface area contributed by atoms with Crippen molar-refractivity contribution < 1.29 is 0 Å². The molecule has 0 amide bonds. The first-order valence-electron chi connectivity index (χ1n) is 16.8. The van der Waals surface area contributed by atoms with Gasteiger partial charge in [-0.3, -0.25) is 0 Å². The van der Waals surface area contributed by atoms with E-state index >= 15 is 0 Å². The van der Waals surface area contributed by atoms with E-state index in [1.54, 1.807) is 0 Å². The number of H-pyrrole nitrogens is 2. The van der Waals surface area contributed by atoms with Gasteiger partial charge < -0.3 is 15.7 Å². The summed E-state index contributed by atoms with van der Waals surface area (Å²) in [6.07, 6.45) is 8.52. The van der Waals surface area contributed by atoms with Crippen molar-refractivity contribution in [3.05, 3.63) is 135 Å². The van der Waals surface area contributed by atoms with E-state index in [9.17, 15) is 0 Å². The van der Waals surface area contributed by atoms with Crippen LogP contribution in [0.4, 0.5) is 5.69 Å². The first-order chi connectivity index (χ1) is 23.6. The molecule has 3 aromatic heterocycles. The standard InChI is InChI=1S/C44H39N5/c1-24-19-26(3)40(27(4)20-24)43-36-13-11-32(46-36)23-33-12-14-37(47-33)44(41-28(5)21-25(2)22-29(41)6)39-18-16-35(49-39)42(34-15-17-38(43)48-34)30-7-9-31(45)10-8-30/h7-23,46,49H,45H2,1-6H3. The van der Waals surface area contributed by atoms with Crippen LogP contribution in [0.2, 0.25) is 0 Å². The summed E-state index contributed by atoms with van der Waals surface area (Å²) in [5, 5.41) is 0. The molecule has 0 atom stereocenters. The topological polar surface area (TPSA) is 83.4 Å². The maximum Gasteiger partial charge on any atom is 0.0737 e. The fourth-order valence-corrected chi connectivity index (χ4v) is 7.77. The lowest BCUT2D eigenvalue weighted by molar-refractivity contribution is 1.28. The Kier molecular flexibility index (Phi) is 7.22. The average molecular weight is 638 g/mol. The van der Waals surface area contributed by atoms with Crippen LogP contribution < -0.4 is 5.73 Å². The molecule has 0 unspecified atom stereocenters. The molecule has 5 nitrogen and oxygen atoms in total. The number of hydrogen-bond donors (Lipinski definition) is 3. The van der Waals surface area contributed by atoms with Gasteiger partial charge in [-0.05, 0) is 147 Å². The summed E-state index contributed by atoms with van der Waals surface area (Å²) >= 11 is 0. The summed E-state index contributed by atoms with van der Waals surface area (Å²) in [7, 11) is 0. The smallest absolute Gasteiger partial charge is 0.0737 e. The molecule has 0 radical (unpaired) electrons. The Bertz CT molecular complexity index is 2450. The first kappa shape index (κ1) is 30.4. The number of nitrogen functional groups attached to an aromatic ring is 1. The van der Waals surface area contributed by atoms with Crippen molar-refractivity contribution in [2.75, 3.05) is 5.73 Å². The molecule has 6 aromatic rings. The number of benzene rings is 3. The van der Waals surface area contributed by atoms with Crippen LogP contribution in [0, 0.1) is 41.5 Å². The zero-order chi connectivity index (χ0) is 34.0. The number of anilines is 1. The van der Waals surface area contributed by atoms with Crippen LogP contribution in [0.5, 0.6) is 0 Å². The van der Waals surface area contributed by atoms with E-state index in [1.165, 1.54) is 44.5 Å². The quantitative estimate of drug-likeness (QED) is 0.169. The number of nitrogens with two attached hydrogens (primary N) is 1. The molecule has 0 saturated carbocycles. The van der Waals surface area contributed by atoms with Crippen molar-refractivity contribution in [1.29, 1.82) is 0 Å². The van der Waals surface area contributed by atoms with Gasteiger partial charge in [0.05, 0.1) is 22.8 Å². The van der Waals surface area contributed by atoms with Crippen LogP contribution in [0.1, 0.15) is 56.2 Å². The van der Waals surface area contributed by atoms with Gasteiger partial charge in [-0.25, -0.2) is 9.97 Å². The third-order valence-corrected chi connectivity index (χ3v) is 9.63. The van der Waals surface area contributed by atoms with Gasteiger partial charge in [-0.15, -0.1) is 0 Å². The van der Waals surface area contributed by atoms with Crippen LogP contribution in [-0.4, -0.2) is 19.9 Å². The normalized spacial score (nSPS) is 12.2. The van der Waals surface area contributed by atoms with Crippen molar-refractivity contribution in [1.82, 2.24) is 19.9 Å². The van der Waals surface area contributed by atoms with Gasteiger partial charge in [0.15, 0.2) is 0 Å². The minimum absolute atomic E-state index is 0.722. The highest BCUT2D eigenvalue weighted by Gasteiger charge is 2.20. The second-order valence-electron chi connectivity index (χ2n) is 13.5. The van der Waals surface area contributed by atoms with Gasteiger partial charge in [-0.1, -0.05) is 47.5 Å². The van der Waals surface area contributed by atoms with E-state index in [1.807, 2.05) is 12.1 Å². The molecule has 4 N–H and O–H groups in total. The fourth-order valence-electron chi connectivity index (χ4n) is 7.77. The molecule has 8 rings (SSSR count). The third kappa shape index (κ3) is 5.38. The van der Waals surface area contributed by atoms with Crippen molar-refractivity contribution in [2.24, 2.45) is 0 Å². The Labute approximate surface area is 287 Å². The van der Waals surface area contributed by atoms with Crippen LogP contribution in [0.15, 0.2) is 78.9 Å². The summed E-state index contributed by atoms with van der Waals surface area (Å²) in [6.45, 7) is 13.1. The van der Waals surface area contributed by atoms with Gasteiger partial charge in [0.1, 0.15) is 0 Å². The molecule has 49 heavy (non-hydrogen) atoms. The van der Waals surface area contributed by atoms with E-state index in [4.69, 9.17) is 15.7 Å². The molecule has 3 aromatic carbocycles. The molecule has 8 bridgehead atoms. The Morgan fingerprint density at radius 3 is 1.51 bits per heavy atom. The molecule has 2 aliphatic heterocycles. The zero-order valence-electron chi connectivity index (χ0n) is 28.8. The largest absolute Gasteiger partial charge is 0.399 e. The summed E-state index contributed by atoms with van der Waals surface area (Å²) in [5.74, 6) is 0. The van der Waals surface area contributed by atoms with Crippen LogP contribution in [-0.2, 0) is 0 Å². The fraction of sp³-hybridized carbons (Fsp3) is 0.136. The lowest BCUT2D eigenvalue weighted by Crippen LogP contribution is -1.94. The summed E-state index contributed by atoms with van der Waals surface area (Å²) in [5.41, 5.74) is 28.4. The van der Waals surface area contributed by atoms with Crippen molar-refractivity contribution in [2.45, 2.75) is 41.5 Å². The Balaban J connectivity index is 1.56. The van der Waals surface area contributed by atoms with E-state index in [0.29, 0.717) is 0 Å². The molecule has 240 valence electrons. The van der Waals surface area contributed by atoms with E-state index in [2.05, 4.69) is 143 Å². The molecule has 0 fully saturated rings. The summed E-state index contributed by atoms with van der Waals surface area (Å²) in [4.78, 5) is 18.2. The molecule has 0 aliphatic carbocycles. The van der Waals surface area contributed by atoms with E-state index in [0.717, 1.165) is 72.8 Å². The van der Waals surface area contributed by atoms with E-state index in [-0.39, 0.29) is 0 Å². The minimum atomic E-state index is 0.722. The van der Waals surface area contributed by atoms with Crippen LogP contribution >= 0.6 is 0 Å². The van der Waals surface area contributed by atoms with Crippen molar-refractivity contribution in [3.8, 4) is 33.4 Å². The summed E-state index contributed by atoms with van der Waals surface area (Å²) in [6, 6.07) is 27.8. The van der Waals surface area contributed by atoms with Crippen molar-refractivity contribution >= 4 is 52.1 Å². The number of aromatic amines is 2. The Morgan fingerprint density at radius 1 is 0.449 bits per heavy atom. The van der Waals surface area contributed by atoms with Gasteiger partial charge in [0.25, 0.3) is 0 Å². The Morgan fingerprint density at radius 2 is 0.918 bits per heavy atom. The Hall–Kier alpha value is -5.94. The molecule has 5 heterocycles. The second-order valence-corrected chi connectivity index (χ2v) is 13.5. The highest BCUT2D eigenvalue weighted by molar-refractivity contribution is 5.99. The highest BCUT2D eigenvalue weighted by Crippen LogP contribution is 2.39. The van der Waals surface area contributed by atoms with Crippen LogP contribution in [0.25, 0.3) is 79.8 Å². The number of aromatic nitrogens is 4. The van der Waals surface area contributed by atoms with E-state index < -0.39 is 0 Å². The molecular formula is C44H39N5. The average Bonchev–Trinajstić information content (AvgIpc) is 3.87. The van der Waals surface area contributed by atoms with Gasteiger partial charge in [-0.2, -0.15) is 0 Å². The number of aryl methyl sites for hydroxylation is 6. The van der Waals surface area contributed by atoms with Gasteiger partial charge >= 0.3 is 0 Å². The predicted molar refractivity (Wildman–Crippen MR) is 208 cm³/mol. The lowest BCUT2D eigenvalue weighted by atomic mass is 9.92. The molecular weight excluding hydrogens is 599 g/mol. The first-order valence-corrected chi connectivity index (χ1v) is 16.8. The SMILES string of the molecule is Cc1cc(C)c(-c2c3nc(c(-c4ccc(N)cc4)c4ccc([nH]4)c(-c4c(C)cc(C)cc4C)c4nc(cc5ccc2[nH]5)C=C4)C=C3)c(C)c1. The second kappa shape index (κ2) is 11.6. The molecule has 0 saturated heterocycles. The third-order valence-electron chi connectivity index (χ3n) is 9.63. The van der Waals surface area contributed by atoms with Crippen LogP contribution in [0.3, 0.4) is 0 Å². The number of nitrogens with zero attached hydrogens (tertiary/aromatic N) is 2. The predicted octanol–water partition coefficient (Wildman–Crippen LogP) is 11.1. The van der Waals surface area contributed by atoms with Gasteiger partial charge in [0.2, 0.25) is 0 Å². The number of fused-ring (bicyclic) bond motifs is 8. The molecule has 5 heteroatoms. The number of nitrogens with one attached hydrogen (secondary N) is 2.